The molecule has 0 radical (unpaired) electrons. The first-order chi connectivity index (χ1) is 7.70. The van der Waals surface area contributed by atoms with Gasteiger partial charge in [-0.2, -0.15) is 5.10 Å². The Morgan fingerprint density at radius 2 is 2.18 bits per heavy atom. The fourth-order valence-electron chi connectivity index (χ4n) is 1.92. The standard InChI is InChI=1S/C12H20ClN3O/c1-12(2,3)6-8(14)5-10(17)11-9(13)7-15-16(11)4/h7-8H,5-6,14H2,1-4H3. The van der Waals surface area contributed by atoms with Gasteiger partial charge in [0.1, 0.15) is 5.69 Å². The van der Waals surface area contributed by atoms with E-state index in [4.69, 9.17) is 17.3 Å². The molecule has 0 spiro atoms. The van der Waals surface area contributed by atoms with Gasteiger partial charge in [-0.1, -0.05) is 32.4 Å². The van der Waals surface area contributed by atoms with E-state index in [1.54, 1.807) is 7.05 Å². The Hall–Kier alpha value is -0.870. The summed E-state index contributed by atoms with van der Waals surface area (Å²) in [6.07, 6.45) is 2.58. The molecule has 4 nitrogen and oxygen atoms in total. The Balaban J connectivity index is 2.67. The molecule has 1 unspecified atom stereocenters. The molecule has 0 aliphatic rings. The van der Waals surface area contributed by atoms with Gasteiger partial charge in [0.2, 0.25) is 0 Å². The van der Waals surface area contributed by atoms with Crippen LogP contribution < -0.4 is 5.73 Å². The van der Waals surface area contributed by atoms with Crippen LogP contribution in [0.3, 0.4) is 0 Å². The maximum atomic E-state index is 12.0. The first-order valence-corrected chi connectivity index (χ1v) is 6.05. The summed E-state index contributed by atoms with van der Waals surface area (Å²) < 4.78 is 1.49. The summed E-state index contributed by atoms with van der Waals surface area (Å²) in [6.45, 7) is 6.32. The van der Waals surface area contributed by atoms with E-state index in [2.05, 4.69) is 25.9 Å². The second-order valence-electron chi connectivity index (χ2n) is 5.62. The lowest BCUT2D eigenvalue weighted by molar-refractivity contribution is 0.0959. The number of hydrogen-bond acceptors (Lipinski definition) is 3. The number of carbonyl (C=O) groups is 1. The van der Waals surface area contributed by atoms with E-state index < -0.39 is 0 Å². The number of halogens is 1. The highest BCUT2D eigenvalue weighted by Gasteiger charge is 2.21. The van der Waals surface area contributed by atoms with Crippen LogP contribution in [0.5, 0.6) is 0 Å². The molecule has 1 atom stereocenters. The summed E-state index contributed by atoms with van der Waals surface area (Å²) in [7, 11) is 1.70. The van der Waals surface area contributed by atoms with Gasteiger partial charge in [0, 0.05) is 19.5 Å². The topological polar surface area (TPSA) is 60.9 Å². The highest BCUT2D eigenvalue weighted by molar-refractivity contribution is 6.33. The fraction of sp³-hybridized carbons (Fsp3) is 0.667. The van der Waals surface area contributed by atoms with Gasteiger partial charge >= 0.3 is 0 Å². The second kappa shape index (κ2) is 5.19. The van der Waals surface area contributed by atoms with Gasteiger partial charge in [0.05, 0.1) is 11.2 Å². The zero-order valence-corrected chi connectivity index (χ0v) is 11.6. The van der Waals surface area contributed by atoms with Gasteiger partial charge < -0.3 is 5.73 Å². The average Bonchev–Trinajstić information content (AvgIpc) is 2.42. The van der Waals surface area contributed by atoms with E-state index in [0.29, 0.717) is 17.1 Å². The van der Waals surface area contributed by atoms with Crippen molar-refractivity contribution >= 4 is 17.4 Å². The minimum absolute atomic E-state index is 0.0493. The number of aromatic nitrogens is 2. The number of carbonyl (C=O) groups excluding carboxylic acids is 1. The molecule has 2 N–H and O–H groups in total. The highest BCUT2D eigenvalue weighted by Crippen LogP contribution is 2.23. The van der Waals surface area contributed by atoms with Crippen molar-refractivity contribution in [3.8, 4) is 0 Å². The molecule has 0 aromatic carbocycles. The van der Waals surface area contributed by atoms with Gasteiger partial charge in [-0.3, -0.25) is 9.48 Å². The van der Waals surface area contributed by atoms with Gasteiger partial charge in [-0.25, -0.2) is 0 Å². The number of aryl methyl sites for hydroxylation is 1. The Morgan fingerprint density at radius 3 is 2.59 bits per heavy atom. The minimum atomic E-state index is -0.145. The fourth-order valence-corrected chi connectivity index (χ4v) is 2.19. The monoisotopic (exact) mass is 257 g/mol. The Labute approximate surface area is 107 Å². The minimum Gasteiger partial charge on any atom is -0.327 e. The largest absolute Gasteiger partial charge is 0.327 e. The van der Waals surface area contributed by atoms with Crippen LogP contribution in [0.25, 0.3) is 0 Å². The molecular formula is C12H20ClN3O. The van der Waals surface area contributed by atoms with Crippen molar-refractivity contribution in [3.05, 3.63) is 16.9 Å². The Bertz CT molecular complexity index is 387. The number of ketones is 1. The normalized spacial score (nSPS) is 13.8. The van der Waals surface area contributed by atoms with E-state index in [0.717, 1.165) is 6.42 Å². The number of nitrogens with zero attached hydrogens (tertiary/aromatic N) is 2. The molecule has 0 saturated heterocycles. The van der Waals surface area contributed by atoms with Crippen LogP contribution in [-0.4, -0.2) is 21.6 Å². The van der Waals surface area contributed by atoms with Crippen molar-refractivity contribution in [1.82, 2.24) is 9.78 Å². The maximum Gasteiger partial charge on any atom is 0.183 e. The van der Waals surface area contributed by atoms with E-state index in [1.807, 2.05) is 0 Å². The molecule has 1 rings (SSSR count). The summed E-state index contributed by atoms with van der Waals surface area (Å²) in [5.74, 6) is -0.0493. The Morgan fingerprint density at radius 1 is 1.59 bits per heavy atom. The molecule has 1 aromatic heterocycles. The van der Waals surface area contributed by atoms with E-state index in [1.165, 1.54) is 10.9 Å². The molecule has 0 aliphatic heterocycles. The van der Waals surface area contributed by atoms with Crippen LogP contribution in [0.15, 0.2) is 6.20 Å². The van der Waals surface area contributed by atoms with Crippen LogP contribution in [0.1, 0.15) is 44.1 Å². The molecule has 1 heterocycles. The lowest BCUT2D eigenvalue weighted by Crippen LogP contribution is -2.29. The van der Waals surface area contributed by atoms with Crippen molar-refractivity contribution in [3.63, 3.8) is 0 Å². The average molecular weight is 258 g/mol. The lowest BCUT2D eigenvalue weighted by atomic mass is 9.86. The SMILES string of the molecule is Cn1ncc(Cl)c1C(=O)CC(N)CC(C)(C)C. The summed E-state index contributed by atoms with van der Waals surface area (Å²) in [5.41, 5.74) is 6.54. The second-order valence-corrected chi connectivity index (χ2v) is 6.02. The van der Waals surface area contributed by atoms with Crippen molar-refractivity contribution in [2.75, 3.05) is 0 Å². The first-order valence-electron chi connectivity index (χ1n) is 5.67. The molecule has 0 amide bonds. The van der Waals surface area contributed by atoms with E-state index >= 15 is 0 Å². The zero-order valence-electron chi connectivity index (χ0n) is 10.8. The zero-order chi connectivity index (χ0) is 13.2. The molecule has 1 aromatic rings. The smallest absolute Gasteiger partial charge is 0.183 e. The number of hydrogen-bond donors (Lipinski definition) is 1. The highest BCUT2D eigenvalue weighted by atomic mass is 35.5. The van der Waals surface area contributed by atoms with Gasteiger partial charge in [0.25, 0.3) is 0 Å². The number of rotatable bonds is 4. The van der Waals surface area contributed by atoms with Gasteiger partial charge in [-0.15, -0.1) is 0 Å². The summed E-state index contributed by atoms with van der Waals surface area (Å²) in [5, 5.41) is 4.33. The molecule has 0 bridgehead atoms. The van der Waals surface area contributed by atoms with Crippen LogP contribution in [0.4, 0.5) is 0 Å². The number of nitrogens with two attached hydrogens (primary N) is 1. The van der Waals surface area contributed by atoms with E-state index in [-0.39, 0.29) is 17.2 Å². The molecule has 0 fully saturated rings. The molecule has 0 saturated carbocycles. The third-order valence-corrected chi connectivity index (χ3v) is 2.76. The first kappa shape index (κ1) is 14.2. The van der Waals surface area contributed by atoms with Crippen molar-refractivity contribution < 1.29 is 4.79 Å². The lowest BCUT2D eigenvalue weighted by Gasteiger charge is -2.22. The molecule has 5 heteroatoms. The quantitative estimate of drug-likeness (QED) is 0.843. The van der Waals surface area contributed by atoms with E-state index in [9.17, 15) is 4.79 Å². The number of Topliss-reactive ketones (excluding diaryl/α,β-unsaturated/α-hetero) is 1. The Kier molecular flexibility index (Phi) is 4.33. The summed E-state index contributed by atoms with van der Waals surface area (Å²) in [4.78, 5) is 12.0. The summed E-state index contributed by atoms with van der Waals surface area (Å²) in [6, 6.07) is -0.145. The van der Waals surface area contributed by atoms with Crippen LogP contribution >= 0.6 is 11.6 Å². The predicted molar refractivity (Wildman–Crippen MR) is 69.2 cm³/mol. The third-order valence-electron chi connectivity index (χ3n) is 2.48. The van der Waals surface area contributed by atoms with Crippen LogP contribution in [-0.2, 0) is 7.05 Å². The molecule has 96 valence electrons. The molecular weight excluding hydrogens is 238 g/mol. The van der Waals surface area contributed by atoms with Crippen LogP contribution in [0.2, 0.25) is 5.02 Å². The van der Waals surface area contributed by atoms with Crippen molar-refractivity contribution in [2.45, 2.75) is 39.7 Å². The summed E-state index contributed by atoms with van der Waals surface area (Å²) >= 11 is 5.91. The van der Waals surface area contributed by atoms with Gasteiger partial charge in [-0.05, 0) is 11.8 Å². The van der Waals surface area contributed by atoms with Gasteiger partial charge in [0.15, 0.2) is 5.78 Å². The van der Waals surface area contributed by atoms with Crippen LogP contribution in [0, 0.1) is 5.41 Å². The van der Waals surface area contributed by atoms with Crippen molar-refractivity contribution in [2.24, 2.45) is 18.2 Å². The third kappa shape index (κ3) is 4.13. The molecule has 17 heavy (non-hydrogen) atoms. The molecule has 0 aliphatic carbocycles. The van der Waals surface area contributed by atoms with Crippen molar-refractivity contribution in [1.29, 1.82) is 0 Å². The predicted octanol–water partition coefficient (Wildman–Crippen LogP) is 2.41. The maximum absolute atomic E-state index is 12.0.